The highest BCUT2D eigenvalue weighted by molar-refractivity contribution is 6.35. The molecule has 15 heavy (non-hydrogen) atoms. The number of rotatable bonds is 3. The number of aromatic amines is 1. The van der Waals surface area contributed by atoms with E-state index in [1.165, 1.54) is 10.9 Å². The summed E-state index contributed by atoms with van der Waals surface area (Å²) in [5.74, 6) is 0.503. The van der Waals surface area contributed by atoms with E-state index in [4.69, 9.17) is 17.3 Å². The fourth-order valence-electron chi connectivity index (χ4n) is 1.80. The first-order chi connectivity index (χ1) is 7.22. The molecule has 2 aromatic rings. The van der Waals surface area contributed by atoms with Crippen molar-refractivity contribution in [1.82, 2.24) is 4.98 Å². The van der Waals surface area contributed by atoms with Gasteiger partial charge in [-0.25, -0.2) is 0 Å². The van der Waals surface area contributed by atoms with Crippen LogP contribution in [0.4, 0.5) is 0 Å². The third-order valence-corrected chi connectivity index (χ3v) is 3.04. The van der Waals surface area contributed by atoms with E-state index in [-0.39, 0.29) is 0 Å². The summed E-state index contributed by atoms with van der Waals surface area (Å²) in [6, 6.07) is 5.97. The van der Waals surface area contributed by atoms with Crippen LogP contribution in [0.3, 0.4) is 0 Å². The first-order valence-electron chi connectivity index (χ1n) is 5.17. The predicted molar refractivity (Wildman–Crippen MR) is 65.2 cm³/mol. The molecule has 2 rings (SSSR count). The molecule has 0 aliphatic rings. The second kappa shape index (κ2) is 4.25. The van der Waals surface area contributed by atoms with Gasteiger partial charge in [-0.15, -0.1) is 0 Å². The Bertz CT molecular complexity index is 462. The van der Waals surface area contributed by atoms with Crippen LogP contribution in [0.5, 0.6) is 0 Å². The molecular formula is C12H15ClN2. The van der Waals surface area contributed by atoms with E-state index in [1.807, 2.05) is 18.3 Å². The monoisotopic (exact) mass is 222 g/mol. The summed E-state index contributed by atoms with van der Waals surface area (Å²) >= 11 is 6.08. The molecule has 3 N–H and O–H groups in total. The molecule has 0 amide bonds. The van der Waals surface area contributed by atoms with E-state index in [1.54, 1.807) is 0 Å². The average molecular weight is 223 g/mol. The van der Waals surface area contributed by atoms with Crippen molar-refractivity contribution in [2.75, 3.05) is 6.54 Å². The molecule has 1 aromatic heterocycles. The summed E-state index contributed by atoms with van der Waals surface area (Å²) in [4.78, 5) is 3.21. The lowest BCUT2D eigenvalue weighted by Gasteiger charge is -2.06. The molecule has 0 saturated carbocycles. The Hall–Kier alpha value is -0.990. The lowest BCUT2D eigenvalue weighted by molar-refractivity contribution is 0.595. The van der Waals surface area contributed by atoms with E-state index >= 15 is 0 Å². The minimum atomic E-state index is 0.503. The topological polar surface area (TPSA) is 41.8 Å². The second-order valence-corrected chi connectivity index (χ2v) is 4.43. The summed E-state index contributed by atoms with van der Waals surface area (Å²) in [5.41, 5.74) is 7.95. The maximum Gasteiger partial charge on any atom is 0.0647 e. The summed E-state index contributed by atoms with van der Waals surface area (Å²) < 4.78 is 0. The normalized spacial score (nSPS) is 13.3. The van der Waals surface area contributed by atoms with Crippen LogP contribution in [0, 0.1) is 5.92 Å². The molecule has 1 aromatic carbocycles. The lowest BCUT2D eigenvalue weighted by atomic mass is 10.0. The number of nitrogens with one attached hydrogen (secondary N) is 1. The third-order valence-electron chi connectivity index (χ3n) is 2.72. The van der Waals surface area contributed by atoms with E-state index in [0.29, 0.717) is 12.5 Å². The SMILES string of the molecule is CC(CN)Cc1c[nH]c2c(Cl)cccc12. The van der Waals surface area contributed by atoms with Crippen molar-refractivity contribution in [3.05, 3.63) is 35.0 Å². The van der Waals surface area contributed by atoms with Crippen molar-refractivity contribution in [3.8, 4) is 0 Å². The maximum atomic E-state index is 6.08. The van der Waals surface area contributed by atoms with Crippen molar-refractivity contribution >= 4 is 22.5 Å². The molecule has 1 atom stereocenters. The summed E-state index contributed by atoms with van der Waals surface area (Å²) in [6.07, 6.45) is 3.03. The van der Waals surface area contributed by atoms with Crippen LogP contribution >= 0.6 is 11.6 Å². The zero-order chi connectivity index (χ0) is 10.8. The van der Waals surface area contributed by atoms with Crippen LogP contribution in [-0.2, 0) is 6.42 Å². The quantitative estimate of drug-likeness (QED) is 0.824. The first kappa shape index (κ1) is 10.5. The van der Waals surface area contributed by atoms with E-state index < -0.39 is 0 Å². The van der Waals surface area contributed by atoms with E-state index in [9.17, 15) is 0 Å². The first-order valence-corrected chi connectivity index (χ1v) is 5.54. The number of fused-ring (bicyclic) bond motifs is 1. The van der Waals surface area contributed by atoms with Gasteiger partial charge in [-0.1, -0.05) is 30.7 Å². The average Bonchev–Trinajstić information content (AvgIpc) is 2.63. The molecule has 80 valence electrons. The van der Waals surface area contributed by atoms with Crippen molar-refractivity contribution in [1.29, 1.82) is 0 Å². The molecule has 0 saturated heterocycles. The van der Waals surface area contributed by atoms with Gasteiger partial charge in [-0.3, -0.25) is 0 Å². The molecule has 0 aliphatic heterocycles. The molecule has 1 unspecified atom stereocenters. The number of aromatic nitrogens is 1. The highest BCUT2D eigenvalue weighted by Crippen LogP contribution is 2.26. The summed E-state index contributed by atoms with van der Waals surface area (Å²) in [6.45, 7) is 2.87. The molecule has 0 fully saturated rings. The van der Waals surface area contributed by atoms with Gasteiger partial charge in [0.05, 0.1) is 10.5 Å². The molecule has 1 heterocycles. The molecule has 0 bridgehead atoms. The number of H-pyrrole nitrogens is 1. The van der Waals surface area contributed by atoms with Crippen LogP contribution in [-0.4, -0.2) is 11.5 Å². The standard InChI is InChI=1S/C12H15ClN2/c1-8(6-14)5-9-7-15-12-10(9)3-2-4-11(12)13/h2-4,7-8,15H,5-6,14H2,1H3. The number of hydrogen-bond acceptors (Lipinski definition) is 1. The van der Waals surface area contributed by atoms with Crippen LogP contribution in [0.15, 0.2) is 24.4 Å². The third kappa shape index (κ3) is 2.01. The number of para-hydroxylation sites is 1. The zero-order valence-electron chi connectivity index (χ0n) is 8.76. The van der Waals surface area contributed by atoms with E-state index in [0.717, 1.165) is 17.0 Å². The zero-order valence-corrected chi connectivity index (χ0v) is 9.51. The molecule has 0 spiro atoms. The highest BCUT2D eigenvalue weighted by Gasteiger charge is 2.08. The molecule has 0 aliphatic carbocycles. The Morgan fingerprint density at radius 1 is 1.47 bits per heavy atom. The van der Waals surface area contributed by atoms with E-state index in [2.05, 4.69) is 18.0 Å². The number of halogens is 1. The van der Waals surface area contributed by atoms with Gasteiger partial charge >= 0.3 is 0 Å². The lowest BCUT2D eigenvalue weighted by Crippen LogP contribution is -2.12. The number of hydrogen-bond donors (Lipinski definition) is 2. The van der Waals surface area contributed by atoms with Crippen molar-refractivity contribution < 1.29 is 0 Å². The van der Waals surface area contributed by atoms with Crippen LogP contribution in [0.1, 0.15) is 12.5 Å². The Balaban J connectivity index is 2.41. The smallest absolute Gasteiger partial charge is 0.0647 e. The van der Waals surface area contributed by atoms with Gasteiger partial charge in [0.1, 0.15) is 0 Å². The molecular weight excluding hydrogens is 208 g/mol. The van der Waals surface area contributed by atoms with Gasteiger partial charge < -0.3 is 10.7 Å². The Morgan fingerprint density at radius 2 is 2.27 bits per heavy atom. The van der Waals surface area contributed by atoms with Gasteiger partial charge in [0.25, 0.3) is 0 Å². The van der Waals surface area contributed by atoms with Gasteiger partial charge in [0, 0.05) is 11.6 Å². The second-order valence-electron chi connectivity index (χ2n) is 4.02. The number of nitrogens with two attached hydrogens (primary N) is 1. The van der Waals surface area contributed by atoms with Crippen LogP contribution in [0.25, 0.3) is 10.9 Å². The molecule has 3 heteroatoms. The van der Waals surface area contributed by atoms with Crippen molar-refractivity contribution in [3.63, 3.8) is 0 Å². The minimum Gasteiger partial charge on any atom is -0.360 e. The minimum absolute atomic E-state index is 0.503. The van der Waals surface area contributed by atoms with Crippen LogP contribution < -0.4 is 5.73 Å². The number of benzene rings is 1. The Kier molecular flexibility index (Phi) is 2.98. The fourth-order valence-corrected chi connectivity index (χ4v) is 2.03. The Labute approximate surface area is 94.4 Å². The predicted octanol–water partition coefficient (Wildman–Crippen LogP) is 2.96. The fraction of sp³-hybridized carbons (Fsp3) is 0.333. The van der Waals surface area contributed by atoms with Gasteiger partial charge in [-0.05, 0) is 30.5 Å². The summed E-state index contributed by atoms with van der Waals surface area (Å²) in [5, 5.41) is 1.99. The molecule has 0 radical (unpaired) electrons. The highest BCUT2D eigenvalue weighted by atomic mass is 35.5. The van der Waals surface area contributed by atoms with Gasteiger partial charge in [-0.2, -0.15) is 0 Å². The summed E-state index contributed by atoms with van der Waals surface area (Å²) in [7, 11) is 0. The van der Waals surface area contributed by atoms with Crippen molar-refractivity contribution in [2.24, 2.45) is 11.7 Å². The largest absolute Gasteiger partial charge is 0.360 e. The maximum absolute atomic E-state index is 6.08. The van der Waals surface area contributed by atoms with Gasteiger partial charge in [0.2, 0.25) is 0 Å². The van der Waals surface area contributed by atoms with Crippen molar-refractivity contribution in [2.45, 2.75) is 13.3 Å². The molecule has 2 nitrogen and oxygen atoms in total. The van der Waals surface area contributed by atoms with Crippen LogP contribution in [0.2, 0.25) is 5.02 Å². The van der Waals surface area contributed by atoms with Gasteiger partial charge in [0.15, 0.2) is 0 Å². The Morgan fingerprint density at radius 3 is 3.00 bits per heavy atom.